The Labute approximate surface area is 194 Å². The van der Waals surface area contributed by atoms with Gasteiger partial charge in [0.15, 0.2) is 5.76 Å². The van der Waals surface area contributed by atoms with Gasteiger partial charge in [0.2, 0.25) is 0 Å². The van der Waals surface area contributed by atoms with Crippen molar-refractivity contribution < 1.29 is 14.0 Å². The smallest absolute Gasteiger partial charge is 0.291 e. The van der Waals surface area contributed by atoms with Crippen LogP contribution < -0.4 is 10.7 Å². The van der Waals surface area contributed by atoms with Crippen molar-refractivity contribution in [1.82, 2.24) is 10.4 Å². The molecule has 0 unspecified atom stereocenters. The molecule has 7 nitrogen and oxygen atoms in total. The first-order valence-corrected chi connectivity index (χ1v) is 11.1. The number of carbonyl (C=O) groups excluding carboxylic acids is 2. The van der Waals surface area contributed by atoms with E-state index >= 15 is 0 Å². The molecule has 0 bridgehead atoms. The number of amides is 2. The van der Waals surface area contributed by atoms with Crippen molar-refractivity contribution in [2.45, 2.75) is 40.0 Å². The zero-order chi connectivity index (χ0) is 22.8. The fraction of sp³-hybridized carbons (Fsp3) is 0.250. The molecule has 1 aliphatic carbocycles. The summed E-state index contributed by atoms with van der Waals surface area (Å²) in [7, 11) is 0. The highest BCUT2D eigenvalue weighted by atomic mass is 79.9. The van der Waals surface area contributed by atoms with Gasteiger partial charge in [-0.15, -0.1) is 0 Å². The molecular weight excluding hydrogens is 472 g/mol. The molecular formula is C24H23BrN4O3. The summed E-state index contributed by atoms with van der Waals surface area (Å²) in [6.45, 7) is 5.81. The van der Waals surface area contributed by atoms with Gasteiger partial charge in [-0.25, -0.2) is 5.43 Å². The van der Waals surface area contributed by atoms with Crippen LogP contribution in [0.1, 0.15) is 61.8 Å². The fourth-order valence-corrected chi connectivity index (χ4v) is 4.21. The monoisotopic (exact) mass is 494 g/mol. The minimum absolute atomic E-state index is 0.270. The van der Waals surface area contributed by atoms with Crippen LogP contribution >= 0.6 is 15.9 Å². The molecule has 0 radical (unpaired) electrons. The second-order valence-electron chi connectivity index (χ2n) is 7.87. The van der Waals surface area contributed by atoms with Gasteiger partial charge in [0.25, 0.3) is 11.8 Å². The standard InChI is InChI=1S/C24H23BrN4O3/c1-13-7-8-18(14(2)9-13)27-24(31)22-15(3)21-19(5-4-6-20(21)32-22)28-29-23(30)16-10-17(25)12-26-11-16/h7-12H,4-6H2,1-3H3,(H,27,31)(H,29,30)/b28-19+. The Balaban J connectivity index is 1.57. The van der Waals surface area contributed by atoms with E-state index in [1.54, 1.807) is 12.3 Å². The molecule has 2 amide bonds. The van der Waals surface area contributed by atoms with E-state index in [9.17, 15) is 9.59 Å². The Bertz CT molecular complexity index is 1250. The van der Waals surface area contributed by atoms with Crippen LogP contribution in [0.3, 0.4) is 0 Å². The Morgan fingerprint density at radius 3 is 2.66 bits per heavy atom. The van der Waals surface area contributed by atoms with Crippen molar-refractivity contribution in [2.75, 3.05) is 5.32 Å². The lowest BCUT2D eigenvalue weighted by atomic mass is 9.93. The summed E-state index contributed by atoms with van der Waals surface area (Å²) in [6, 6.07) is 7.54. The van der Waals surface area contributed by atoms with Gasteiger partial charge in [-0.3, -0.25) is 14.6 Å². The first kappa shape index (κ1) is 22.0. The number of fused-ring (bicyclic) bond motifs is 1. The molecule has 0 aliphatic heterocycles. The number of carbonyl (C=O) groups is 2. The summed E-state index contributed by atoms with van der Waals surface area (Å²) in [5.74, 6) is 0.337. The number of furan rings is 1. The SMILES string of the molecule is Cc1ccc(NC(=O)c2oc3c(c2C)/C(=N/NC(=O)c2cncc(Br)c2)CCC3)c(C)c1. The molecule has 0 atom stereocenters. The van der Waals surface area contributed by atoms with Crippen molar-refractivity contribution in [3.05, 3.63) is 80.5 Å². The van der Waals surface area contributed by atoms with Gasteiger partial charge in [-0.05, 0) is 67.2 Å². The number of nitrogens with one attached hydrogen (secondary N) is 2. The van der Waals surface area contributed by atoms with Crippen molar-refractivity contribution in [1.29, 1.82) is 0 Å². The van der Waals surface area contributed by atoms with Crippen molar-refractivity contribution >= 4 is 39.1 Å². The van der Waals surface area contributed by atoms with Crippen molar-refractivity contribution in [2.24, 2.45) is 5.10 Å². The van der Waals surface area contributed by atoms with Gasteiger partial charge in [0.05, 0.1) is 11.3 Å². The second-order valence-corrected chi connectivity index (χ2v) is 8.79. The van der Waals surface area contributed by atoms with Crippen LogP contribution in [0.25, 0.3) is 0 Å². The van der Waals surface area contributed by atoms with Gasteiger partial charge < -0.3 is 9.73 Å². The predicted octanol–water partition coefficient (Wildman–Crippen LogP) is 5.09. The number of hydrazone groups is 1. The summed E-state index contributed by atoms with van der Waals surface area (Å²) < 4.78 is 6.66. The van der Waals surface area contributed by atoms with Crippen LogP contribution in [0.5, 0.6) is 0 Å². The highest BCUT2D eigenvalue weighted by Gasteiger charge is 2.28. The zero-order valence-electron chi connectivity index (χ0n) is 18.1. The topological polar surface area (TPSA) is 96.6 Å². The Morgan fingerprint density at radius 1 is 1.09 bits per heavy atom. The van der Waals surface area contributed by atoms with Gasteiger partial charge >= 0.3 is 0 Å². The maximum Gasteiger partial charge on any atom is 0.291 e. The van der Waals surface area contributed by atoms with E-state index in [0.717, 1.165) is 46.5 Å². The van der Waals surface area contributed by atoms with Crippen LogP contribution in [-0.4, -0.2) is 22.5 Å². The van der Waals surface area contributed by atoms with Gasteiger partial charge in [0.1, 0.15) is 5.76 Å². The molecule has 32 heavy (non-hydrogen) atoms. The molecule has 2 N–H and O–H groups in total. The Hall–Kier alpha value is -3.26. The highest BCUT2D eigenvalue weighted by molar-refractivity contribution is 9.10. The molecule has 0 fully saturated rings. The van der Waals surface area contributed by atoms with E-state index in [2.05, 4.69) is 36.8 Å². The van der Waals surface area contributed by atoms with Crippen molar-refractivity contribution in [3.8, 4) is 0 Å². The van der Waals surface area contributed by atoms with E-state index in [0.29, 0.717) is 22.2 Å². The molecule has 8 heteroatoms. The van der Waals surface area contributed by atoms with Crippen LogP contribution in [-0.2, 0) is 6.42 Å². The number of benzene rings is 1. The minimum atomic E-state index is -0.354. The number of nitrogens with zero attached hydrogens (tertiary/aromatic N) is 2. The number of anilines is 1. The number of hydrogen-bond acceptors (Lipinski definition) is 5. The van der Waals surface area contributed by atoms with Crippen LogP contribution in [0.15, 0.2) is 50.7 Å². The lowest BCUT2D eigenvalue weighted by Gasteiger charge is -2.13. The summed E-state index contributed by atoms with van der Waals surface area (Å²) in [6.07, 6.45) is 5.31. The third-order valence-corrected chi connectivity index (χ3v) is 5.86. The summed E-state index contributed by atoms with van der Waals surface area (Å²) in [5, 5.41) is 7.30. The molecule has 2 heterocycles. The van der Waals surface area contributed by atoms with E-state index in [1.165, 1.54) is 6.20 Å². The zero-order valence-corrected chi connectivity index (χ0v) is 19.7. The minimum Gasteiger partial charge on any atom is -0.455 e. The third-order valence-electron chi connectivity index (χ3n) is 5.42. The molecule has 0 saturated heterocycles. The number of pyridine rings is 1. The van der Waals surface area contributed by atoms with Gasteiger partial charge in [0, 0.05) is 40.1 Å². The normalized spacial score (nSPS) is 14.2. The summed E-state index contributed by atoms with van der Waals surface area (Å²) in [5.41, 5.74) is 8.09. The molecule has 1 aliphatic rings. The van der Waals surface area contributed by atoms with Crippen LogP contribution in [0, 0.1) is 20.8 Å². The lowest BCUT2D eigenvalue weighted by molar-refractivity contribution is 0.0953. The molecule has 3 aromatic rings. The number of hydrogen-bond donors (Lipinski definition) is 2. The average molecular weight is 495 g/mol. The van der Waals surface area contributed by atoms with Gasteiger partial charge in [-0.2, -0.15) is 5.10 Å². The van der Waals surface area contributed by atoms with E-state index in [1.807, 2.05) is 39.0 Å². The van der Waals surface area contributed by atoms with Crippen molar-refractivity contribution in [3.63, 3.8) is 0 Å². The molecule has 0 spiro atoms. The molecule has 2 aromatic heterocycles. The number of halogens is 1. The largest absolute Gasteiger partial charge is 0.455 e. The molecule has 0 saturated carbocycles. The second kappa shape index (κ2) is 9.08. The maximum absolute atomic E-state index is 13.0. The number of aromatic nitrogens is 1. The molecule has 4 rings (SSSR count). The first-order chi connectivity index (χ1) is 15.3. The lowest BCUT2D eigenvalue weighted by Crippen LogP contribution is -2.22. The summed E-state index contributed by atoms with van der Waals surface area (Å²) >= 11 is 3.31. The molecule has 1 aromatic carbocycles. The fourth-order valence-electron chi connectivity index (χ4n) is 3.85. The number of aryl methyl sites for hydroxylation is 3. The quantitative estimate of drug-likeness (QED) is 0.493. The van der Waals surface area contributed by atoms with E-state index in [4.69, 9.17) is 4.42 Å². The highest BCUT2D eigenvalue weighted by Crippen LogP contribution is 2.30. The maximum atomic E-state index is 13.0. The molecule has 164 valence electrons. The van der Waals surface area contributed by atoms with Gasteiger partial charge in [-0.1, -0.05) is 17.7 Å². The number of rotatable bonds is 4. The van der Waals surface area contributed by atoms with E-state index < -0.39 is 0 Å². The summed E-state index contributed by atoms with van der Waals surface area (Å²) in [4.78, 5) is 29.4. The average Bonchev–Trinajstić information content (AvgIpc) is 3.11. The predicted molar refractivity (Wildman–Crippen MR) is 126 cm³/mol. The Kier molecular flexibility index (Phi) is 6.23. The third kappa shape index (κ3) is 4.50. The van der Waals surface area contributed by atoms with Crippen LogP contribution in [0.4, 0.5) is 5.69 Å². The van der Waals surface area contributed by atoms with Crippen LogP contribution in [0.2, 0.25) is 0 Å². The Morgan fingerprint density at radius 2 is 1.91 bits per heavy atom. The first-order valence-electron chi connectivity index (χ1n) is 10.3. The van der Waals surface area contributed by atoms with E-state index in [-0.39, 0.29) is 17.6 Å².